The van der Waals surface area contributed by atoms with Gasteiger partial charge in [-0.1, -0.05) is 11.6 Å². The molecule has 3 aromatic rings. The standard InChI is InChI=1S/C17H11ClFNO5S/c18-14-10-13(7-8-15(14)19)26(22,23)25-12-5-3-11(4-6-12)20-17(21)16-2-1-9-24-16/h1-10H,(H,20,21). The van der Waals surface area contributed by atoms with Gasteiger partial charge in [-0.3, -0.25) is 4.79 Å². The summed E-state index contributed by atoms with van der Waals surface area (Å²) in [6.45, 7) is 0. The van der Waals surface area contributed by atoms with Gasteiger partial charge in [0, 0.05) is 5.69 Å². The van der Waals surface area contributed by atoms with Crippen molar-refractivity contribution in [1.82, 2.24) is 0 Å². The smallest absolute Gasteiger partial charge is 0.339 e. The van der Waals surface area contributed by atoms with E-state index in [0.717, 1.165) is 18.2 Å². The third-order valence-corrected chi connectivity index (χ3v) is 4.78. The molecule has 0 saturated heterocycles. The maximum atomic E-state index is 13.2. The summed E-state index contributed by atoms with van der Waals surface area (Å²) in [4.78, 5) is 11.6. The zero-order chi connectivity index (χ0) is 18.7. The summed E-state index contributed by atoms with van der Waals surface area (Å²) in [5, 5.41) is 2.25. The van der Waals surface area contributed by atoms with Crippen LogP contribution in [0.4, 0.5) is 10.1 Å². The van der Waals surface area contributed by atoms with Crippen LogP contribution in [0.2, 0.25) is 5.02 Å². The normalized spacial score (nSPS) is 11.2. The van der Waals surface area contributed by atoms with Crippen molar-refractivity contribution in [1.29, 1.82) is 0 Å². The third kappa shape index (κ3) is 4.04. The van der Waals surface area contributed by atoms with Crippen LogP contribution in [0.5, 0.6) is 5.75 Å². The van der Waals surface area contributed by atoms with E-state index in [9.17, 15) is 17.6 Å². The van der Waals surface area contributed by atoms with Crippen LogP contribution >= 0.6 is 11.6 Å². The Morgan fingerprint density at radius 2 is 1.85 bits per heavy atom. The van der Waals surface area contributed by atoms with Gasteiger partial charge in [0.15, 0.2) is 5.76 Å². The van der Waals surface area contributed by atoms with Gasteiger partial charge in [0.05, 0.1) is 11.3 Å². The first-order chi connectivity index (χ1) is 12.3. The average molecular weight is 396 g/mol. The minimum absolute atomic E-state index is 0.0152. The molecule has 0 saturated carbocycles. The Morgan fingerprint density at radius 1 is 1.12 bits per heavy atom. The van der Waals surface area contributed by atoms with Gasteiger partial charge in [0.25, 0.3) is 5.91 Å². The maximum Gasteiger partial charge on any atom is 0.339 e. The van der Waals surface area contributed by atoms with E-state index in [1.54, 1.807) is 6.07 Å². The molecular formula is C17H11ClFNO5S. The van der Waals surface area contributed by atoms with Gasteiger partial charge in [0.1, 0.15) is 16.5 Å². The molecule has 0 bridgehead atoms. The second-order valence-corrected chi connectivity index (χ2v) is 7.02. The molecule has 1 aromatic heterocycles. The minimum atomic E-state index is -4.18. The van der Waals surface area contributed by atoms with E-state index >= 15 is 0 Å². The molecule has 0 aliphatic heterocycles. The van der Waals surface area contributed by atoms with Gasteiger partial charge in [0.2, 0.25) is 0 Å². The molecule has 134 valence electrons. The van der Waals surface area contributed by atoms with Crippen molar-refractivity contribution < 1.29 is 26.2 Å². The van der Waals surface area contributed by atoms with E-state index in [1.807, 2.05) is 0 Å². The first-order valence-electron chi connectivity index (χ1n) is 7.19. The van der Waals surface area contributed by atoms with Crippen LogP contribution in [-0.4, -0.2) is 14.3 Å². The van der Waals surface area contributed by atoms with Crippen LogP contribution in [0.25, 0.3) is 0 Å². The summed E-state index contributed by atoms with van der Waals surface area (Å²) >= 11 is 5.59. The van der Waals surface area contributed by atoms with Crippen molar-refractivity contribution in [2.45, 2.75) is 4.90 Å². The van der Waals surface area contributed by atoms with Gasteiger partial charge in [-0.15, -0.1) is 0 Å². The summed E-state index contributed by atoms with van der Waals surface area (Å²) in [5.41, 5.74) is 0.418. The molecule has 1 amide bonds. The van der Waals surface area contributed by atoms with E-state index in [0.29, 0.717) is 5.69 Å². The van der Waals surface area contributed by atoms with E-state index in [1.165, 1.54) is 36.6 Å². The fourth-order valence-corrected chi connectivity index (χ4v) is 3.20. The van der Waals surface area contributed by atoms with Gasteiger partial charge in [-0.05, 0) is 54.6 Å². The van der Waals surface area contributed by atoms with Gasteiger partial charge in [-0.25, -0.2) is 4.39 Å². The van der Waals surface area contributed by atoms with Gasteiger partial charge < -0.3 is 13.9 Å². The zero-order valence-corrected chi connectivity index (χ0v) is 14.6. The number of carbonyl (C=O) groups excluding carboxylic acids is 1. The topological polar surface area (TPSA) is 85.6 Å². The summed E-state index contributed by atoms with van der Waals surface area (Å²) < 4.78 is 47.5. The number of anilines is 1. The van der Waals surface area contributed by atoms with Crippen molar-refractivity contribution in [3.63, 3.8) is 0 Å². The van der Waals surface area contributed by atoms with Crippen molar-refractivity contribution in [3.05, 3.63) is 77.5 Å². The highest BCUT2D eigenvalue weighted by Crippen LogP contribution is 2.24. The number of hydrogen-bond acceptors (Lipinski definition) is 5. The molecule has 9 heteroatoms. The highest BCUT2D eigenvalue weighted by atomic mass is 35.5. The van der Waals surface area contributed by atoms with Gasteiger partial charge in [-0.2, -0.15) is 8.42 Å². The van der Waals surface area contributed by atoms with Crippen LogP contribution in [0.1, 0.15) is 10.6 Å². The second kappa shape index (κ2) is 7.19. The molecule has 6 nitrogen and oxygen atoms in total. The lowest BCUT2D eigenvalue weighted by molar-refractivity contribution is 0.0996. The summed E-state index contributed by atoms with van der Waals surface area (Å²) in [6, 6.07) is 11.7. The number of furan rings is 1. The van der Waals surface area contributed by atoms with Crippen molar-refractivity contribution in [2.24, 2.45) is 0 Å². The van der Waals surface area contributed by atoms with Crippen LogP contribution in [0.15, 0.2) is 70.2 Å². The molecule has 0 atom stereocenters. The van der Waals surface area contributed by atoms with Gasteiger partial charge >= 0.3 is 10.1 Å². The summed E-state index contributed by atoms with van der Waals surface area (Å²) in [6.07, 6.45) is 1.37. The number of rotatable bonds is 5. The lowest BCUT2D eigenvalue weighted by Crippen LogP contribution is -2.11. The quantitative estimate of drug-likeness (QED) is 0.657. The average Bonchev–Trinajstić information content (AvgIpc) is 3.13. The Hall–Kier alpha value is -2.84. The largest absolute Gasteiger partial charge is 0.459 e. The maximum absolute atomic E-state index is 13.2. The predicted octanol–water partition coefficient (Wildman–Crippen LogP) is 4.09. The molecule has 0 fully saturated rings. The van der Waals surface area contributed by atoms with Crippen molar-refractivity contribution in [2.75, 3.05) is 5.32 Å². The van der Waals surface area contributed by atoms with E-state index in [2.05, 4.69) is 5.32 Å². The third-order valence-electron chi connectivity index (χ3n) is 3.24. The molecule has 26 heavy (non-hydrogen) atoms. The number of carbonyl (C=O) groups is 1. The summed E-state index contributed by atoms with van der Waals surface area (Å²) in [7, 11) is -4.18. The Labute approximate surface area is 153 Å². The monoisotopic (exact) mass is 395 g/mol. The number of halogens is 2. The van der Waals surface area contributed by atoms with E-state index in [-0.39, 0.29) is 21.4 Å². The second-order valence-electron chi connectivity index (χ2n) is 5.07. The first-order valence-corrected chi connectivity index (χ1v) is 8.98. The molecule has 1 N–H and O–H groups in total. The highest BCUT2D eigenvalue weighted by Gasteiger charge is 2.18. The molecule has 3 rings (SSSR count). The number of benzene rings is 2. The molecular weight excluding hydrogens is 385 g/mol. The molecule has 0 spiro atoms. The number of nitrogens with one attached hydrogen (secondary N) is 1. The number of hydrogen-bond donors (Lipinski definition) is 1. The molecule has 0 aliphatic rings. The number of amides is 1. The van der Waals surface area contributed by atoms with Crippen molar-refractivity contribution >= 4 is 33.3 Å². The fraction of sp³-hybridized carbons (Fsp3) is 0. The first kappa shape index (κ1) is 18.0. The Balaban J connectivity index is 1.72. The SMILES string of the molecule is O=C(Nc1ccc(OS(=O)(=O)c2ccc(F)c(Cl)c2)cc1)c1ccco1. The predicted molar refractivity (Wildman–Crippen MR) is 92.3 cm³/mol. The molecule has 0 radical (unpaired) electrons. The highest BCUT2D eigenvalue weighted by molar-refractivity contribution is 7.87. The molecule has 0 unspecified atom stereocenters. The minimum Gasteiger partial charge on any atom is -0.459 e. The Morgan fingerprint density at radius 3 is 2.46 bits per heavy atom. The lowest BCUT2D eigenvalue weighted by Gasteiger charge is -2.09. The Bertz CT molecular complexity index is 1030. The van der Waals surface area contributed by atoms with Crippen LogP contribution < -0.4 is 9.50 Å². The fourth-order valence-electron chi connectivity index (χ4n) is 2.00. The zero-order valence-electron chi connectivity index (χ0n) is 13.0. The van der Waals surface area contributed by atoms with E-state index in [4.69, 9.17) is 20.2 Å². The van der Waals surface area contributed by atoms with Crippen LogP contribution in [0, 0.1) is 5.82 Å². The summed E-state index contributed by atoms with van der Waals surface area (Å²) in [5.74, 6) is -1.03. The van der Waals surface area contributed by atoms with Crippen LogP contribution in [-0.2, 0) is 10.1 Å². The molecule has 0 aliphatic carbocycles. The van der Waals surface area contributed by atoms with Crippen LogP contribution in [0.3, 0.4) is 0 Å². The molecule has 1 heterocycles. The Kier molecular flexibility index (Phi) is 4.97. The van der Waals surface area contributed by atoms with Crippen molar-refractivity contribution in [3.8, 4) is 5.75 Å². The van der Waals surface area contributed by atoms with E-state index < -0.39 is 21.8 Å². The molecule has 2 aromatic carbocycles. The lowest BCUT2D eigenvalue weighted by atomic mass is 10.3.